The molecule has 6 nitrogen and oxygen atoms in total. The summed E-state index contributed by atoms with van der Waals surface area (Å²) in [6.07, 6.45) is 10.2. The van der Waals surface area contributed by atoms with Crippen LogP contribution in [0.3, 0.4) is 0 Å². The van der Waals surface area contributed by atoms with E-state index in [1.165, 1.54) is 0 Å². The Morgan fingerprint density at radius 3 is 2.68 bits per heavy atom. The zero-order chi connectivity index (χ0) is 21.0. The number of pyridine rings is 2. The third-order valence-electron chi connectivity index (χ3n) is 5.72. The number of hydrogen-bond acceptors (Lipinski definition) is 5. The zero-order valence-corrected chi connectivity index (χ0v) is 17.5. The van der Waals surface area contributed by atoms with Crippen molar-refractivity contribution >= 4 is 16.7 Å². The van der Waals surface area contributed by atoms with E-state index in [2.05, 4.69) is 56.2 Å². The maximum absolute atomic E-state index is 13.0. The number of allylic oxidation sites excluding steroid dienone is 3. The van der Waals surface area contributed by atoms with Gasteiger partial charge in [-0.2, -0.15) is 0 Å². The summed E-state index contributed by atoms with van der Waals surface area (Å²) in [5, 5.41) is 4.09. The molecule has 0 unspecified atom stereocenters. The van der Waals surface area contributed by atoms with Crippen molar-refractivity contribution in [2.24, 2.45) is 0 Å². The maximum Gasteiger partial charge on any atom is 0.193 e. The molecule has 6 heteroatoms. The van der Waals surface area contributed by atoms with Crippen molar-refractivity contribution in [3.05, 3.63) is 88.5 Å². The quantitative estimate of drug-likeness (QED) is 0.687. The predicted molar refractivity (Wildman–Crippen MR) is 124 cm³/mol. The van der Waals surface area contributed by atoms with E-state index in [1.54, 1.807) is 12.3 Å². The average molecular weight is 415 g/mol. The molecule has 158 valence electrons. The topological polar surface area (TPSA) is 59.4 Å². The summed E-state index contributed by atoms with van der Waals surface area (Å²) in [5.41, 5.74) is 3.79. The van der Waals surface area contributed by atoms with Crippen LogP contribution in [0.25, 0.3) is 16.6 Å². The monoisotopic (exact) mass is 414 g/mol. The van der Waals surface area contributed by atoms with E-state index in [4.69, 9.17) is 4.74 Å². The largest absolute Gasteiger partial charge is 0.379 e. The second-order valence-corrected chi connectivity index (χ2v) is 7.91. The number of morpholine rings is 1. The molecule has 1 aromatic carbocycles. The summed E-state index contributed by atoms with van der Waals surface area (Å²) in [6.45, 7) is 4.03. The molecular formula is C25H26N4O2. The predicted octanol–water partition coefficient (Wildman–Crippen LogP) is 3.86. The Balaban J connectivity index is 1.63. The molecule has 3 aromatic rings. The number of nitrogens with zero attached hydrogens (tertiary/aromatic N) is 3. The summed E-state index contributed by atoms with van der Waals surface area (Å²) in [4.78, 5) is 19.9. The highest BCUT2D eigenvalue weighted by Gasteiger charge is 2.16. The van der Waals surface area contributed by atoms with Crippen LogP contribution in [0.1, 0.15) is 18.5 Å². The Hall–Kier alpha value is -3.22. The molecule has 1 aliphatic carbocycles. The lowest BCUT2D eigenvalue weighted by molar-refractivity contribution is 0.0337. The minimum atomic E-state index is -0.0320. The first-order chi connectivity index (χ1) is 15.3. The number of benzene rings is 1. The van der Waals surface area contributed by atoms with Crippen LogP contribution < -0.4 is 10.7 Å². The van der Waals surface area contributed by atoms with Crippen molar-refractivity contribution in [1.29, 1.82) is 0 Å². The Kier molecular flexibility index (Phi) is 5.65. The molecule has 2 aliphatic rings. The van der Waals surface area contributed by atoms with Crippen molar-refractivity contribution < 1.29 is 4.74 Å². The molecule has 0 saturated carbocycles. The highest BCUT2D eigenvalue weighted by atomic mass is 16.5. The van der Waals surface area contributed by atoms with Crippen LogP contribution in [0.4, 0.5) is 5.82 Å². The molecule has 1 aliphatic heterocycles. The smallest absolute Gasteiger partial charge is 0.193 e. The minimum absolute atomic E-state index is 0.0320. The molecule has 0 bridgehead atoms. The van der Waals surface area contributed by atoms with E-state index in [0.717, 1.165) is 74.1 Å². The summed E-state index contributed by atoms with van der Waals surface area (Å²) in [5.74, 6) is 0.755. The number of para-hydroxylation sites is 1. The second-order valence-electron chi connectivity index (χ2n) is 7.91. The van der Waals surface area contributed by atoms with E-state index in [1.807, 2.05) is 18.2 Å². The highest BCUT2D eigenvalue weighted by Crippen LogP contribution is 2.25. The van der Waals surface area contributed by atoms with Gasteiger partial charge in [0, 0.05) is 43.3 Å². The molecule has 1 fully saturated rings. The highest BCUT2D eigenvalue weighted by molar-refractivity contribution is 5.83. The summed E-state index contributed by atoms with van der Waals surface area (Å²) < 4.78 is 7.58. The first kappa shape index (κ1) is 19.7. The van der Waals surface area contributed by atoms with Crippen LogP contribution in [0.5, 0.6) is 0 Å². The number of fused-ring (bicyclic) bond motifs is 1. The lowest BCUT2D eigenvalue weighted by Gasteiger charge is -2.26. The SMILES string of the molecule is O=c1cc(NC2=CCCC=C2)n(-c2ccccc2)c2cc(CN3CCOCC3)ncc12. The van der Waals surface area contributed by atoms with Crippen LogP contribution in [0.2, 0.25) is 0 Å². The van der Waals surface area contributed by atoms with Gasteiger partial charge in [-0.3, -0.25) is 19.2 Å². The Bertz CT molecular complexity index is 1190. The molecule has 3 heterocycles. The molecule has 0 atom stereocenters. The van der Waals surface area contributed by atoms with Crippen molar-refractivity contribution in [1.82, 2.24) is 14.5 Å². The van der Waals surface area contributed by atoms with Gasteiger partial charge >= 0.3 is 0 Å². The fraction of sp³-hybridized carbons (Fsp3) is 0.280. The lowest BCUT2D eigenvalue weighted by Crippen LogP contribution is -2.35. The molecule has 2 aromatic heterocycles. The maximum atomic E-state index is 13.0. The number of hydrogen-bond donors (Lipinski definition) is 1. The number of aromatic nitrogens is 2. The Labute approximate surface area is 181 Å². The Morgan fingerprint density at radius 1 is 1.06 bits per heavy atom. The van der Waals surface area contributed by atoms with E-state index in [0.29, 0.717) is 5.39 Å². The number of anilines is 1. The van der Waals surface area contributed by atoms with Gasteiger partial charge in [0.25, 0.3) is 0 Å². The second kappa shape index (κ2) is 8.88. The van der Waals surface area contributed by atoms with Gasteiger partial charge in [0.1, 0.15) is 5.82 Å². The van der Waals surface area contributed by atoms with Gasteiger partial charge in [-0.1, -0.05) is 30.4 Å². The fourth-order valence-electron chi connectivity index (χ4n) is 4.13. The van der Waals surface area contributed by atoms with E-state index < -0.39 is 0 Å². The van der Waals surface area contributed by atoms with Crippen LogP contribution in [-0.4, -0.2) is 40.8 Å². The third kappa shape index (κ3) is 4.31. The van der Waals surface area contributed by atoms with E-state index in [9.17, 15) is 4.79 Å². The normalized spacial score (nSPS) is 17.0. The fourth-order valence-corrected chi connectivity index (χ4v) is 4.13. The summed E-state index contributed by atoms with van der Waals surface area (Å²) >= 11 is 0. The lowest BCUT2D eigenvalue weighted by atomic mass is 10.1. The Morgan fingerprint density at radius 2 is 1.90 bits per heavy atom. The van der Waals surface area contributed by atoms with Gasteiger partial charge in [0.15, 0.2) is 5.43 Å². The third-order valence-corrected chi connectivity index (χ3v) is 5.72. The van der Waals surface area contributed by atoms with E-state index >= 15 is 0 Å². The molecule has 0 spiro atoms. The van der Waals surface area contributed by atoms with Crippen molar-refractivity contribution in [2.75, 3.05) is 31.6 Å². The molecule has 0 radical (unpaired) electrons. The van der Waals surface area contributed by atoms with E-state index in [-0.39, 0.29) is 5.43 Å². The van der Waals surface area contributed by atoms with Crippen LogP contribution in [-0.2, 0) is 11.3 Å². The number of rotatable bonds is 5. The van der Waals surface area contributed by atoms with Crippen LogP contribution >= 0.6 is 0 Å². The molecule has 31 heavy (non-hydrogen) atoms. The molecule has 5 rings (SSSR count). The van der Waals surface area contributed by atoms with Gasteiger partial charge in [0.05, 0.1) is 29.8 Å². The number of nitrogens with one attached hydrogen (secondary N) is 1. The first-order valence-electron chi connectivity index (χ1n) is 10.8. The molecule has 0 amide bonds. The molecular weight excluding hydrogens is 388 g/mol. The van der Waals surface area contributed by atoms with Crippen molar-refractivity contribution in [2.45, 2.75) is 19.4 Å². The van der Waals surface area contributed by atoms with Crippen LogP contribution in [0, 0.1) is 0 Å². The summed E-state index contributed by atoms with van der Waals surface area (Å²) in [6, 6.07) is 13.9. The van der Waals surface area contributed by atoms with Crippen molar-refractivity contribution in [3.63, 3.8) is 0 Å². The standard InChI is InChI=1S/C25H26N4O2/c30-24-16-25(27-19-7-3-1-4-8-19)29(21-9-5-2-6-10-21)23-15-20(26-17-22(23)24)18-28-11-13-31-14-12-28/h2-3,5-10,15-17,27H,1,4,11-14,18H2. The first-order valence-corrected chi connectivity index (χ1v) is 10.8. The van der Waals surface area contributed by atoms with Gasteiger partial charge in [0.2, 0.25) is 0 Å². The number of ether oxygens (including phenoxy) is 1. The average Bonchev–Trinajstić information content (AvgIpc) is 2.81. The van der Waals surface area contributed by atoms with Gasteiger partial charge in [-0.25, -0.2) is 0 Å². The zero-order valence-electron chi connectivity index (χ0n) is 17.5. The van der Waals surface area contributed by atoms with Crippen LogP contribution in [0.15, 0.2) is 77.4 Å². The minimum Gasteiger partial charge on any atom is -0.379 e. The van der Waals surface area contributed by atoms with Gasteiger partial charge in [-0.05, 0) is 37.1 Å². The van der Waals surface area contributed by atoms with Gasteiger partial charge < -0.3 is 10.1 Å². The van der Waals surface area contributed by atoms with Crippen molar-refractivity contribution in [3.8, 4) is 5.69 Å². The summed E-state index contributed by atoms with van der Waals surface area (Å²) in [7, 11) is 0. The van der Waals surface area contributed by atoms with Gasteiger partial charge in [-0.15, -0.1) is 0 Å². The molecule has 1 saturated heterocycles. The molecule has 1 N–H and O–H groups in total.